The third-order valence-corrected chi connectivity index (χ3v) is 4.50. The van der Waals surface area contributed by atoms with Crippen molar-refractivity contribution in [2.75, 3.05) is 5.73 Å². The van der Waals surface area contributed by atoms with Gasteiger partial charge >= 0.3 is 0 Å². The van der Waals surface area contributed by atoms with Gasteiger partial charge in [-0.3, -0.25) is 0 Å². The zero-order valence-corrected chi connectivity index (χ0v) is 11.7. The zero-order valence-electron chi connectivity index (χ0n) is 11.0. The summed E-state index contributed by atoms with van der Waals surface area (Å²) < 4.78 is 27.4. The molecule has 0 amide bonds. The molecule has 0 spiro atoms. The highest BCUT2D eigenvalue weighted by molar-refractivity contribution is 6.35. The Bertz CT molecular complexity index is 745. The Morgan fingerprint density at radius 1 is 1.52 bits per heavy atom. The fraction of sp³-hybridized carbons (Fsp3) is 0.462. The van der Waals surface area contributed by atoms with E-state index in [-0.39, 0.29) is 23.0 Å². The fourth-order valence-corrected chi connectivity index (χ4v) is 3.31. The van der Waals surface area contributed by atoms with Gasteiger partial charge in [0, 0.05) is 11.8 Å². The average molecular weight is 312 g/mol. The van der Waals surface area contributed by atoms with Crippen molar-refractivity contribution in [3.63, 3.8) is 0 Å². The summed E-state index contributed by atoms with van der Waals surface area (Å²) in [5.41, 5.74) is 5.85. The first-order chi connectivity index (χ1) is 9.98. The number of hydrogen-bond donors (Lipinski definition) is 1. The van der Waals surface area contributed by atoms with Crippen molar-refractivity contribution in [1.29, 1.82) is 5.26 Å². The largest absolute Gasteiger partial charge is 0.367 e. The zero-order chi connectivity index (χ0) is 15.2. The molecule has 0 saturated heterocycles. The number of nitrogens with two attached hydrogens (primary N) is 1. The average Bonchev–Trinajstić information content (AvgIpc) is 2.66. The molecule has 0 atom stereocenters. The van der Waals surface area contributed by atoms with Crippen LogP contribution in [0.3, 0.4) is 0 Å². The molecule has 110 valence electrons. The lowest BCUT2D eigenvalue weighted by molar-refractivity contribution is 0.0682. The van der Waals surface area contributed by atoms with Gasteiger partial charge in [0.2, 0.25) is 12.4 Å². The molecule has 1 fully saturated rings. The van der Waals surface area contributed by atoms with Gasteiger partial charge in [-0.25, -0.2) is 18.3 Å². The number of fused-ring (bicyclic) bond motifs is 1. The van der Waals surface area contributed by atoms with Crippen molar-refractivity contribution in [3.8, 4) is 6.07 Å². The molecule has 8 heteroatoms. The topological polar surface area (TPSA) is 80.0 Å². The Labute approximate surface area is 124 Å². The van der Waals surface area contributed by atoms with Gasteiger partial charge in [-0.1, -0.05) is 18.0 Å². The highest BCUT2D eigenvalue weighted by Gasteiger charge is 2.46. The van der Waals surface area contributed by atoms with Crippen LogP contribution in [0.15, 0.2) is 6.20 Å². The third-order valence-electron chi connectivity index (χ3n) is 4.11. The molecule has 1 aliphatic carbocycles. The van der Waals surface area contributed by atoms with E-state index in [2.05, 4.69) is 10.1 Å². The van der Waals surface area contributed by atoms with Gasteiger partial charge in [0.1, 0.15) is 11.6 Å². The molecule has 2 heterocycles. The lowest BCUT2D eigenvalue weighted by Gasteiger charge is -2.41. The number of alkyl halides is 2. The van der Waals surface area contributed by atoms with Crippen LogP contribution in [0.4, 0.5) is 14.7 Å². The number of nitrogen functional groups attached to an aromatic ring is 1. The SMILES string of the molecule is N#Cc1c(Cl)c2cnc(N)nn2c1C1(CC(F)F)CCC1. The Kier molecular flexibility index (Phi) is 3.21. The molecule has 3 rings (SSSR count). The van der Waals surface area contributed by atoms with Crippen molar-refractivity contribution >= 4 is 23.1 Å². The summed E-state index contributed by atoms with van der Waals surface area (Å²) >= 11 is 6.19. The maximum Gasteiger partial charge on any atom is 0.239 e. The molecule has 5 nitrogen and oxygen atoms in total. The molecule has 1 saturated carbocycles. The van der Waals surface area contributed by atoms with E-state index in [1.165, 1.54) is 10.7 Å². The number of halogens is 3. The van der Waals surface area contributed by atoms with Crippen LogP contribution in [-0.4, -0.2) is 21.0 Å². The predicted molar refractivity (Wildman–Crippen MR) is 73.3 cm³/mol. The normalized spacial score (nSPS) is 16.9. The summed E-state index contributed by atoms with van der Waals surface area (Å²) in [6.07, 6.45) is 0.637. The Morgan fingerprint density at radius 3 is 2.76 bits per heavy atom. The van der Waals surface area contributed by atoms with Crippen LogP contribution in [0.25, 0.3) is 5.52 Å². The third kappa shape index (κ3) is 2.02. The molecule has 0 bridgehead atoms. The standard InChI is InChI=1S/C13H12ClF2N5/c14-10-7(5-17)11(13(2-1-3-13)4-9(15)16)21-8(10)6-19-12(18)20-21/h6,9H,1-4H2,(H2,18,20). The number of anilines is 1. The molecule has 2 aromatic heterocycles. The van der Waals surface area contributed by atoms with E-state index in [9.17, 15) is 14.0 Å². The first-order valence-corrected chi connectivity index (χ1v) is 6.88. The minimum Gasteiger partial charge on any atom is -0.367 e. The molecule has 0 aromatic carbocycles. The summed E-state index contributed by atoms with van der Waals surface area (Å²) in [6, 6.07) is 2.01. The Balaban J connectivity index is 2.30. The molecule has 2 aromatic rings. The van der Waals surface area contributed by atoms with Gasteiger partial charge in [0.05, 0.1) is 22.5 Å². The second-order valence-electron chi connectivity index (χ2n) is 5.29. The number of aromatic nitrogens is 3. The molecule has 0 aliphatic heterocycles. The van der Waals surface area contributed by atoms with Crippen molar-refractivity contribution in [1.82, 2.24) is 14.6 Å². The van der Waals surface area contributed by atoms with Crippen LogP contribution in [0.1, 0.15) is 36.9 Å². The van der Waals surface area contributed by atoms with Crippen LogP contribution in [0, 0.1) is 11.3 Å². The molecule has 0 unspecified atom stereocenters. The molecule has 21 heavy (non-hydrogen) atoms. The quantitative estimate of drug-likeness (QED) is 0.945. The highest BCUT2D eigenvalue weighted by Crippen LogP contribution is 2.50. The van der Waals surface area contributed by atoms with Crippen LogP contribution >= 0.6 is 11.6 Å². The summed E-state index contributed by atoms with van der Waals surface area (Å²) in [6.45, 7) is 0. The van der Waals surface area contributed by atoms with Crippen molar-refractivity contribution < 1.29 is 8.78 Å². The number of rotatable bonds is 3. The van der Waals surface area contributed by atoms with E-state index in [0.717, 1.165) is 6.42 Å². The Hall–Kier alpha value is -1.94. The van der Waals surface area contributed by atoms with Crippen LogP contribution < -0.4 is 5.73 Å². The predicted octanol–water partition coefficient (Wildman–Crippen LogP) is 2.91. The minimum atomic E-state index is -2.46. The van der Waals surface area contributed by atoms with Gasteiger partial charge in [0.25, 0.3) is 0 Å². The van der Waals surface area contributed by atoms with Crippen LogP contribution in [0.2, 0.25) is 5.02 Å². The van der Waals surface area contributed by atoms with Gasteiger partial charge in [-0.05, 0) is 12.8 Å². The van der Waals surface area contributed by atoms with E-state index in [1.807, 2.05) is 6.07 Å². The van der Waals surface area contributed by atoms with E-state index < -0.39 is 11.8 Å². The first kappa shape index (κ1) is 14.0. The van der Waals surface area contributed by atoms with Gasteiger partial charge in [-0.15, -0.1) is 5.10 Å². The van der Waals surface area contributed by atoms with E-state index >= 15 is 0 Å². The fourth-order valence-electron chi connectivity index (χ4n) is 3.05. The van der Waals surface area contributed by atoms with E-state index in [0.29, 0.717) is 24.1 Å². The number of nitriles is 1. The van der Waals surface area contributed by atoms with Gasteiger partial charge < -0.3 is 5.73 Å². The second kappa shape index (κ2) is 4.81. The molecule has 2 N–H and O–H groups in total. The van der Waals surface area contributed by atoms with Crippen LogP contribution in [0.5, 0.6) is 0 Å². The summed E-state index contributed by atoms with van der Waals surface area (Å²) in [7, 11) is 0. The summed E-state index contributed by atoms with van der Waals surface area (Å²) in [5.74, 6) is 0.00595. The van der Waals surface area contributed by atoms with Crippen LogP contribution in [-0.2, 0) is 5.41 Å². The second-order valence-corrected chi connectivity index (χ2v) is 5.67. The number of hydrogen-bond acceptors (Lipinski definition) is 4. The smallest absolute Gasteiger partial charge is 0.239 e. The van der Waals surface area contributed by atoms with Crippen molar-refractivity contribution in [3.05, 3.63) is 22.5 Å². The van der Waals surface area contributed by atoms with Crippen molar-refractivity contribution in [2.45, 2.75) is 37.5 Å². The lowest BCUT2D eigenvalue weighted by atomic mass is 9.64. The molecular formula is C13H12ClF2N5. The lowest BCUT2D eigenvalue weighted by Crippen LogP contribution is -2.38. The maximum absolute atomic E-state index is 13.0. The van der Waals surface area contributed by atoms with E-state index in [4.69, 9.17) is 17.3 Å². The van der Waals surface area contributed by atoms with E-state index in [1.54, 1.807) is 0 Å². The van der Waals surface area contributed by atoms with Crippen molar-refractivity contribution in [2.24, 2.45) is 0 Å². The number of nitrogens with zero attached hydrogens (tertiary/aromatic N) is 4. The summed E-state index contributed by atoms with van der Waals surface area (Å²) in [5, 5.41) is 13.6. The molecule has 0 radical (unpaired) electrons. The van der Waals surface area contributed by atoms with Gasteiger partial charge in [0.15, 0.2) is 0 Å². The molecule has 1 aliphatic rings. The monoisotopic (exact) mass is 311 g/mol. The maximum atomic E-state index is 13.0. The first-order valence-electron chi connectivity index (χ1n) is 6.50. The molecular weight excluding hydrogens is 300 g/mol. The van der Waals surface area contributed by atoms with Gasteiger partial charge in [-0.2, -0.15) is 5.26 Å². The Morgan fingerprint density at radius 2 is 2.24 bits per heavy atom. The minimum absolute atomic E-state index is 0.00595. The highest BCUT2D eigenvalue weighted by atomic mass is 35.5. The summed E-state index contributed by atoms with van der Waals surface area (Å²) in [4.78, 5) is 3.85.